The van der Waals surface area contributed by atoms with Gasteiger partial charge in [0.25, 0.3) is 0 Å². The van der Waals surface area contributed by atoms with Crippen molar-refractivity contribution in [1.29, 1.82) is 0 Å². The first kappa shape index (κ1) is 10.8. The molecule has 0 aromatic heterocycles. The first-order valence-electron chi connectivity index (χ1n) is 3.94. The van der Waals surface area contributed by atoms with Crippen molar-refractivity contribution in [3.8, 4) is 5.75 Å². The quantitative estimate of drug-likeness (QED) is 0.678. The molecule has 0 aliphatic carbocycles. The van der Waals surface area contributed by atoms with Crippen LogP contribution in [0, 0.1) is 5.82 Å². The second-order valence-corrected chi connectivity index (χ2v) is 2.57. The lowest BCUT2D eigenvalue weighted by Crippen LogP contribution is -2.08. The largest absolute Gasteiger partial charge is 0.494 e. The first-order chi connectivity index (χ1) is 6.45. The Kier molecular flexibility index (Phi) is 2.98. The number of halogens is 4. The van der Waals surface area contributed by atoms with E-state index in [9.17, 15) is 17.6 Å². The number of hydrogen-bond donors (Lipinski definition) is 0. The second kappa shape index (κ2) is 3.86. The van der Waals surface area contributed by atoms with E-state index in [1.54, 1.807) is 6.92 Å². The first-order valence-corrected chi connectivity index (χ1v) is 3.94. The van der Waals surface area contributed by atoms with Crippen molar-refractivity contribution in [3.05, 3.63) is 29.6 Å². The van der Waals surface area contributed by atoms with Crippen LogP contribution in [0.15, 0.2) is 18.2 Å². The zero-order valence-corrected chi connectivity index (χ0v) is 7.36. The molecule has 1 nitrogen and oxygen atoms in total. The summed E-state index contributed by atoms with van der Waals surface area (Å²) in [7, 11) is 0. The molecule has 1 rings (SSSR count). The molecule has 1 aromatic carbocycles. The third kappa shape index (κ3) is 2.37. The van der Waals surface area contributed by atoms with Crippen molar-refractivity contribution in [1.82, 2.24) is 0 Å². The SMILES string of the molecule is CCOc1ccc(C(F)(F)F)c(F)c1. The molecule has 0 aliphatic rings. The Bertz CT molecular complexity index is 319. The van der Waals surface area contributed by atoms with Gasteiger partial charge in [-0.1, -0.05) is 0 Å². The maximum absolute atomic E-state index is 12.9. The maximum Gasteiger partial charge on any atom is 0.419 e. The van der Waals surface area contributed by atoms with Gasteiger partial charge in [0.1, 0.15) is 11.6 Å². The van der Waals surface area contributed by atoms with E-state index in [4.69, 9.17) is 4.74 Å². The molecule has 0 aliphatic heterocycles. The highest BCUT2D eigenvalue weighted by atomic mass is 19.4. The highest BCUT2D eigenvalue weighted by Gasteiger charge is 2.33. The Morgan fingerprint density at radius 1 is 1.29 bits per heavy atom. The molecule has 0 unspecified atom stereocenters. The Labute approximate surface area is 78.3 Å². The van der Waals surface area contributed by atoms with Crippen LogP contribution in [0.25, 0.3) is 0 Å². The number of rotatable bonds is 2. The van der Waals surface area contributed by atoms with E-state index in [2.05, 4.69) is 0 Å². The smallest absolute Gasteiger partial charge is 0.419 e. The monoisotopic (exact) mass is 208 g/mol. The van der Waals surface area contributed by atoms with Gasteiger partial charge in [-0.05, 0) is 19.1 Å². The van der Waals surface area contributed by atoms with Gasteiger partial charge in [-0.25, -0.2) is 4.39 Å². The summed E-state index contributed by atoms with van der Waals surface area (Å²) in [6.45, 7) is 1.94. The normalized spacial score (nSPS) is 11.5. The average molecular weight is 208 g/mol. The lowest BCUT2D eigenvalue weighted by atomic mass is 10.2. The molecule has 5 heteroatoms. The Morgan fingerprint density at radius 3 is 2.36 bits per heavy atom. The third-order valence-electron chi connectivity index (χ3n) is 1.56. The summed E-state index contributed by atoms with van der Waals surface area (Å²) in [4.78, 5) is 0. The molecule has 0 radical (unpaired) electrons. The van der Waals surface area contributed by atoms with Gasteiger partial charge in [-0.15, -0.1) is 0 Å². The Hall–Kier alpha value is -1.26. The van der Waals surface area contributed by atoms with Crippen molar-refractivity contribution in [3.63, 3.8) is 0 Å². The molecule has 0 amide bonds. The van der Waals surface area contributed by atoms with Crippen LogP contribution < -0.4 is 4.74 Å². The number of benzene rings is 1. The highest BCUT2D eigenvalue weighted by molar-refractivity contribution is 5.30. The molecule has 0 heterocycles. The third-order valence-corrected chi connectivity index (χ3v) is 1.56. The summed E-state index contributed by atoms with van der Waals surface area (Å²) in [5, 5.41) is 0. The summed E-state index contributed by atoms with van der Waals surface area (Å²) in [5.74, 6) is -1.22. The van der Waals surface area contributed by atoms with Gasteiger partial charge in [-0.3, -0.25) is 0 Å². The summed E-state index contributed by atoms with van der Waals surface area (Å²) in [6.07, 6.45) is -4.66. The lowest BCUT2D eigenvalue weighted by molar-refractivity contribution is -0.140. The van der Waals surface area contributed by atoms with Crippen molar-refractivity contribution in [2.24, 2.45) is 0 Å². The Balaban J connectivity index is 3.02. The van der Waals surface area contributed by atoms with Crippen molar-refractivity contribution >= 4 is 0 Å². The van der Waals surface area contributed by atoms with Gasteiger partial charge < -0.3 is 4.74 Å². The van der Waals surface area contributed by atoms with Crippen molar-refractivity contribution in [2.45, 2.75) is 13.1 Å². The van der Waals surface area contributed by atoms with E-state index in [-0.39, 0.29) is 12.4 Å². The minimum atomic E-state index is -4.66. The van der Waals surface area contributed by atoms with E-state index in [0.29, 0.717) is 6.07 Å². The minimum Gasteiger partial charge on any atom is -0.494 e. The molecule has 0 N–H and O–H groups in total. The summed E-state index contributed by atoms with van der Waals surface area (Å²) >= 11 is 0. The van der Waals surface area contributed by atoms with E-state index < -0.39 is 17.6 Å². The number of alkyl halides is 3. The number of ether oxygens (including phenoxy) is 1. The zero-order chi connectivity index (χ0) is 10.8. The fourth-order valence-electron chi connectivity index (χ4n) is 0.982. The number of hydrogen-bond acceptors (Lipinski definition) is 1. The van der Waals surface area contributed by atoms with Gasteiger partial charge in [-0.2, -0.15) is 13.2 Å². The molecular weight excluding hydrogens is 200 g/mol. The fraction of sp³-hybridized carbons (Fsp3) is 0.333. The van der Waals surface area contributed by atoms with Crippen molar-refractivity contribution < 1.29 is 22.3 Å². The van der Waals surface area contributed by atoms with Crippen LogP contribution in [0.5, 0.6) is 5.75 Å². The summed E-state index contributed by atoms with van der Waals surface area (Å²) in [5.41, 5.74) is -1.28. The predicted octanol–water partition coefficient (Wildman–Crippen LogP) is 3.24. The van der Waals surface area contributed by atoms with Crippen LogP contribution in [0.4, 0.5) is 17.6 Å². The standard InChI is InChI=1S/C9H8F4O/c1-2-14-6-3-4-7(8(10)5-6)9(11,12)13/h3-5H,2H2,1H3. The van der Waals surface area contributed by atoms with Crippen LogP contribution in [0.3, 0.4) is 0 Å². The van der Waals surface area contributed by atoms with Gasteiger partial charge in [0.05, 0.1) is 12.2 Å². The van der Waals surface area contributed by atoms with Crippen LogP contribution in [0.1, 0.15) is 12.5 Å². The summed E-state index contributed by atoms with van der Waals surface area (Å²) < 4.78 is 54.0. The molecule has 0 atom stereocenters. The van der Waals surface area contributed by atoms with Crippen LogP contribution in [-0.2, 0) is 6.18 Å². The Morgan fingerprint density at radius 2 is 1.93 bits per heavy atom. The fourth-order valence-corrected chi connectivity index (χ4v) is 0.982. The van der Waals surface area contributed by atoms with E-state index >= 15 is 0 Å². The van der Waals surface area contributed by atoms with Gasteiger partial charge >= 0.3 is 6.18 Å². The van der Waals surface area contributed by atoms with Crippen LogP contribution in [-0.4, -0.2) is 6.61 Å². The average Bonchev–Trinajstić information content (AvgIpc) is 2.02. The van der Waals surface area contributed by atoms with Gasteiger partial charge in [0, 0.05) is 6.07 Å². The van der Waals surface area contributed by atoms with Crippen LogP contribution in [0.2, 0.25) is 0 Å². The van der Waals surface area contributed by atoms with E-state index in [1.807, 2.05) is 0 Å². The lowest BCUT2D eigenvalue weighted by Gasteiger charge is -2.09. The molecule has 0 bridgehead atoms. The molecule has 78 valence electrons. The topological polar surface area (TPSA) is 9.23 Å². The second-order valence-electron chi connectivity index (χ2n) is 2.57. The molecule has 0 spiro atoms. The summed E-state index contributed by atoms with van der Waals surface area (Å²) in [6, 6.07) is 2.49. The molecule has 14 heavy (non-hydrogen) atoms. The molecule has 1 aromatic rings. The van der Waals surface area contributed by atoms with Gasteiger partial charge in [0.2, 0.25) is 0 Å². The van der Waals surface area contributed by atoms with Gasteiger partial charge in [0.15, 0.2) is 0 Å². The van der Waals surface area contributed by atoms with E-state index in [0.717, 1.165) is 12.1 Å². The van der Waals surface area contributed by atoms with E-state index in [1.165, 1.54) is 0 Å². The maximum atomic E-state index is 12.9. The highest BCUT2D eigenvalue weighted by Crippen LogP contribution is 2.32. The van der Waals surface area contributed by atoms with Crippen molar-refractivity contribution in [2.75, 3.05) is 6.61 Å². The molecule has 0 fully saturated rings. The minimum absolute atomic E-state index is 0.0954. The molecular formula is C9H8F4O. The molecule has 0 saturated carbocycles. The van der Waals surface area contributed by atoms with Crippen LogP contribution >= 0.6 is 0 Å². The zero-order valence-electron chi connectivity index (χ0n) is 7.36. The molecule has 0 saturated heterocycles. The predicted molar refractivity (Wildman–Crippen MR) is 42.6 cm³/mol.